The van der Waals surface area contributed by atoms with Crippen LogP contribution in [0.5, 0.6) is 11.5 Å². The van der Waals surface area contributed by atoms with Crippen LogP contribution in [-0.2, 0) is 0 Å². The normalized spacial score (nSPS) is 12.0. The van der Waals surface area contributed by atoms with Crippen molar-refractivity contribution in [2.24, 2.45) is 0 Å². The average molecular weight is 415 g/mol. The summed E-state index contributed by atoms with van der Waals surface area (Å²) in [5, 5.41) is 16.1. The molecule has 0 unspecified atom stereocenters. The maximum absolute atomic E-state index is 12.5. The molecule has 0 atom stereocenters. The Bertz CT molecular complexity index is 1080. The molecule has 1 aliphatic heterocycles. The van der Waals surface area contributed by atoms with Crippen molar-refractivity contribution < 1.29 is 19.2 Å². The van der Waals surface area contributed by atoms with E-state index < -0.39 is 10.8 Å². The molecule has 2 aromatic carbocycles. The van der Waals surface area contributed by atoms with Crippen LogP contribution >= 0.6 is 23.1 Å². The molecule has 8 nitrogen and oxygen atoms in total. The van der Waals surface area contributed by atoms with Crippen molar-refractivity contribution >= 4 is 40.4 Å². The number of carbonyl (C=O) groups is 1. The highest BCUT2D eigenvalue weighted by Crippen LogP contribution is 2.37. The summed E-state index contributed by atoms with van der Waals surface area (Å²) >= 11 is 2.62. The zero-order chi connectivity index (χ0) is 19.7. The number of nitrogens with one attached hydrogen (secondary N) is 1. The van der Waals surface area contributed by atoms with E-state index in [1.807, 2.05) is 12.3 Å². The predicted octanol–water partition coefficient (Wildman–Crippen LogP) is 4.49. The third-order valence-corrected chi connectivity index (χ3v) is 5.97. The number of aromatic nitrogens is 1. The van der Waals surface area contributed by atoms with Gasteiger partial charge in [0.1, 0.15) is 0 Å². The lowest BCUT2D eigenvalue weighted by Crippen LogP contribution is -2.12. The number of nitro groups is 1. The summed E-state index contributed by atoms with van der Waals surface area (Å²) in [6.45, 7) is 2.00. The number of aryl methyl sites for hydroxylation is 1. The molecule has 0 saturated heterocycles. The Hall–Kier alpha value is -3.11. The van der Waals surface area contributed by atoms with Gasteiger partial charge in [0.25, 0.3) is 11.6 Å². The van der Waals surface area contributed by atoms with E-state index >= 15 is 0 Å². The number of anilines is 1. The largest absolute Gasteiger partial charge is 0.454 e. The van der Waals surface area contributed by atoms with Gasteiger partial charge in [-0.05, 0) is 31.2 Å². The zero-order valence-corrected chi connectivity index (χ0v) is 16.1. The highest BCUT2D eigenvalue weighted by Gasteiger charge is 2.20. The molecule has 0 fully saturated rings. The van der Waals surface area contributed by atoms with Gasteiger partial charge in [-0.3, -0.25) is 14.9 Å². The minimum Gasteiger partial charge on any atom is -0.454 e. The van der Waals surface area contributed by atoms with Gasteiger partial charge < -0.3 is 14.8 Å². The minimum atomic E-state index is -0.500. The number of hydrogen-bond acceptors (Lipinski definition) is 8. The maximum Gasteiger partial charge on any atom is 0.284 e. The molecule has 1 N–H and O–H groups in total. The van der Waals surface area contributed by atoms with Crippen LogP contribution < -0.4 is 14.8 Å². The van der Waals surface area contributed by atoms with E-state index in [1.165, 1.54) is 29.2 Å². The average Bonchev–Trinajstić information content (AvgIpc) is 3.30. The molecule has 0 saturated carbocycles. The molecule has 1 aliphatic rings. The van der Waals surface area contributed by atoms with Crippen LogP contribution in [0.15, 0.2) is 51.0 Å². The fraction of sp³-hybridized carbons (Fsp3) is 0.111. The molecule has 0 spiro atoms. The molecule has 0 bridgehead atoms. The number of carbonyl (C=O) groups excluding carboxylic acids is 1. The molecule has 142 valence electrons. The molecule has 10 heteroatoms. The monoisotopic (exact) mass is 415 g/mol. The number of benzene rings is 2. The first-order valence-corrected chi connectivity index (χ1v) is 9.78. The SMILES string of the molecule is Cc1csc(Sc2ccc(C(=O)Nc3ccc4c(c3)OCO4)cc2[N+](=O)[O-])n1. The van der Waals surface area contributed by atoms with Gasteiger partial charge >= 0.3 is 0 Å². The molecular weight excluding hydrogens is 402 g/mol. The van der Waals surface area contributed by atoms with Crippen molar-refractivity contribution in [1.29, 1.82) is 0 Å². The van der Waals surface area contributed by atoms with Crippen LogP contribution in [0.25, 0.3) is 0 Å². The van der Waals surface area contributed by atoms with Crippen LogP contribution in [0.1, 0.15) is 16.1 Å². The van der Waals surface area contributed by atoms with E-state index in [0.717, 1.165) is 5.69 Å². The third kappa shape index (κ3) is 3.78. The van der Waals surface area contributed by atoms with Crippen molar-refractivity contribution in [2.45, 2.75) is 16.2 Å². The number of nitro benzene ring substituents is 1. The highest BCUT2D eigenvalue weighted by atomic mass is 32.2. The number of hydrogen-bond donors (Lipinski definition) is 1. The van der Waals surface area contributed by atoms with Crippen LogP contribution in [0.3, 0.4) is 0 Å². The Morgan fingerprint density at radius 2 is 2.07 bits per heavy atom. The second kappa shape index (κ2) is 7.49. The molecular formula is C18H13N3O5S2. The molecule has 4 rings (SSSR count). The number of ether oxygens (including phenoxy) is 2. The zero-order valence-electron chi connectivity index (χ0n) is 14.5. The molecule has 2 heterocycles. The van der Waals surface area contributed by atoms with E-state index in [-0.39, 0.29) is 18.0 Å². The molecule has 0 radical (unpaired) electrons. The van der Waals surface area contributed by atoms with Crippen molar-refractivity contribution in [1.82, 2.24) is 4.98 Å². The topological polar surface area (TPSA) is 104 Å². The summed E-state index contributed by atoms with van der Waals surface area (Å²) in [6.07, 6.45) is 0. The Kier molecular flexibility index (Phi) is 4.88. The maximum atomic E-state index is 12.5. The number of amides is 1. The van der Waals surface area contributed by atoms with Gasteiger partial charge in [-0.25, -0.2) is 4.98 Å². The molecule has 0 aliphatic carbocycles. The number of rotatable bonds is 5. The number of nitrogens with zero attached hydrogens (tertiary/aromatic N) is 2. The summed E-state index contributed by atoms with van der Waals surface area (Å²) in [5.74, 6) is 0.685. The summed E-state index contributed by atoms with van der Waals surface area (Å²) in [4.78, 5) is 28.3. The fourth-order valence-corrected chi connectivity index (χ4v) is 4.42. The summed E-state index contributed by atoms with van der Waals surface area (Å²) in [7, 11) is 0. The Morgan fingerprint density at radius 1 is 1.25 bits per heavy atom. The number of fused-ring (bicyclic) bond motifs is 1. The summed E-state index contributed by atoms with van der Waals surface area (Å²) in [5.41, 5.74) is 1.41. The fourth-order valence-electron chi connectivity index (χ4n) is 2.54. The highest BCUT2D eigenvalue weighted by molar-refractivity contribution is 8.01. The minimum absolute atomic E-state index is 0.136. The van der Waals surface area contributed by atoms with Gasteiger partial charge in [-0.1, -0.05) is 11.8 Å². The van der Waals surface area contributed by atoms with E-state index in [4.69, 9.17) is 9.47 Å². The second-order valence-corrected chi connectivity index (χ2v) is 7.97. The van der Waals surface area contributed by atoms with E-state index in [1.54, 1.807) is 30.3 Å². The van der Waals surface area contributed by atoms with Crippen LogP contribution in [0, 0.1) is 17.0 Å². The smallest absolute Gasteiger partial charge is 0.284 e. The Labute approximate surface area is 167 Å². The lowest BCUT2D eigenvalue weighted by atomic mass is 10.2. The van der Waals surface area contributed by atoms with Gasteiger partial charge in [0.05, 0.1) is 9.82 Å². The van der Waals surface area contributed by atoms with Crippen LogP contribution in [-0.4, -0.2) is 22.6 Å². The summed E-state index contributed by atoms with van der Waals surface area (Å²) in [6, 6.07) is 9.39. The van der Waals surface area contributed by atoms with Gasteiger partial charge in [0.15, 0.2) is 15.8 Å². The van der Waals surface area contributed by atoms with Crippen molar-refractivity contribution in [2.75, 3.05) is 12.1 Å². The third-order valence-electron chi connectivity index (χ3n) is 3.84. The van der Waals surface area contributed by atoms with Crippen LogP contribution in [0.4, 0.5) is 11.4 Å². The Balaban J connectivity index is 1.56. The molecule has 1 amide bonds. The molecule has 1 aromatic heterocycles. The van der Waals surface area contributed by atoms with Gasteiger partial charge in [0, 0.05) is 34.5 Å². The van der Waals surface area contributed by atoms with Crippen LogP contribution in [0.2, 0.25) is 0 Å². The standard InChI is InChI=1S/C18H13N3O5S2/c1-10-8-27-18(19-10)28-16-5-2-11(6-13(16)21(23)24)17(22)20-12-3-4-14-15(7-12)26-9-25-14/h2-8H,9H2,1H3,(H,20,22). The first kappa shape index (κ1) is 18.3. The van der Waals surface area contributed by atoms with Gasteiger partial charge in [-0.15, -0.1) is 11.3 Å². The van der Waals surface area contributed by atoms with Crippen molar-refractivity contribution in [3.63, 3.8) is 0 Å². The van der Waals surface area contributed by atoms with Gasteiger partial charge in [-0.2, -0.15) is 0 Å². The van der Waals surface area contributed by atoms with E-state index in [2.05, 4.69) is 10.3 Å². The molecule has 28 heavy (non-hydrogen) atoms. The number of thiazole rings is 1. The van der Waals surface area contributed by atoms with E-state index in [9.17, 15) is 14.9 Å². The first-order valence-electron chi connectivity index (χ1n) is 8.09. The lowest BCUT2D eigenvalue weighted by Gasteiger charge is -2.07. The van der Waals surface area contributed by atoms with Gasteiger partial charge in [0.2, 0.25) is 6.79 Å². The molecule has 3 aromatic rings. The van der Waals surface area contributed by atoms with Crippen molar-refractivity contribution in [3.05, 3.63) is 63.1 Å². The predicted molar refractivity (Wildman–Crippen MR) is 105 cm³/mol. The lowest BCUT2D eigenvalue weighted by molar-refractivity contribution is -0.387. The van der Waals surface area contributed by atoms with E-state index in [0.29, 0.717) is 26.4 Å². The first-order chi connectivity index (χ1) is 13.5. The van der Waals surface area contributed by atoms with Crippen molar-refractivity contribution in [3.8, 4) is 11.5 Å². The Morgan fingerprint density at radius 3 is 2.82 bits per heavy atom. The second-order valence-electron chi connectivity index (χ2n) is 5.82. The quantitative estimate of drug-likeness (QED) is 0.483. The summed E-state index contributed by atoms with van der Waals surface area (Å²) < 4.78 is 11.2.